The summed E-state index contributed by atoms with van der Waals surface area (Å²) in [7, 11) is 0. The summed E-state index contributed by atoms with van der Waals surface area (Å²) in [6.07, 6.45) is 1.46. The van der Waals surface area contributed by atoms with Crippen molar-refractivity contribution >= 4 is 23.1 Å². The molecule has 5 heteroatoms. The standard InChI is InChI=1S/C18H24N2O2S/c19-15-3-7-17(8-4-15)23-18-9-5-16(6-10-18)20(11-1-13-21)12-2-14-22/h3-10,21-22H,1-2,11-14,19H2. The molecule has 0 spiro atoms. The summed E-state index contributed by atoms with van der Waals surface area (Å²) < 4.78 is 0. The highest BCUT2D eigenvalue weighted by atomic mass is 32.2. The van der Waals surface area contributed by atoms with Crippen molar-refractivity contribution < 1.29 is 10.2 Å². The van der Waals surface area contributed by atoms with E-state index >= 15 is 0 Å². The number of aliphatic hydroxyl groups is 2. The topological polar surface area (TPSA) is 69.7 Å². The van der Waals surface area contributed by atoms with Gasteiger partial charge >= 0.3 is 0 Å². The molecule has 0 saturated heterocycles. The Morgan fingerprint density at radius 3 is 1.74 bits per heavy atom. The van der Waals surface area contributed by atoms with Crippen molar-refractivity contribution in [2.45, 2.75) is 22.6 Å². The van der Waals surface area contributed by atoms with Crippen molar-refractivity contribution in [2.24, 2.45) is 0 Å². The Labute approximate surface area is 141 Å². The van der Waals surface area contributed by atoms with Gasteiger partial charge in [0.05, 0.1) is 0 Å². The van der Waals surface area contributed by atoms with Crippen LogP contribution in [0, 0.1) is 0 Å². The number of nitrogens with two attached hydrogens (primary N) is 1. The zero-order chi connectivity index (χ0) is 16.5. The number of rotatable bonds is 9. The van der Waals surface area contributed by atoms with Crippen LogP contribution in [0.15, 0.2) is 58.3 Å². The summed E-state index contributed by atoms with van der Waals surface area (Å²) >= 11 is 1.70. The van der Waals surface area contributed by atoms with Crippen LogP contribution in [-0.4, -0.2) is 36.5 Å². The van der Waals surface area contributed by atoms with E-state index in [1.165, 1.54) is 4.90 Å². The Morgan fingerprint density at radius 2 is 1.26 bits per heavy atom. The number of aliphatic hydroxyl groups excluding tert-OH is 2. The summed E-state index contributed by atoms with van der Waals surface area (Å²) in [6.45, 7) is 1.95. The summed E-state index contributed by atoms with van der Waals surface area (Å²) in [6, 6.07) is 16.2. The van der Waals surface area contributed by atoms with E-state index in [0.717, 1.165) is 42.2 Å². The second-order valence-corrected chi connectivity index (χ2v) is 6.45. The van der Waals surface area contributed by atoms with Gasteiger partial charge in [0.1, 0.15) is 0 Å². The summed E-state index contributed by atoms with van der Waals surface area (Å²) in [5, 5.41) is 18.1. The van der Waals surface area contributed by atoms with Gasteiger partial charge < -0.3 is 20.8 Å². The van der Waals surface area contributed by atoms with Crippen LogP contribution in [0.5, 0.6) is 0 Å². The van der Waals surface area contributed by atoms with Crippen LogP contribution >= 0.6 is 11.8 Å². The first-order chi connectivity index (χ1) is 11.2. The molecule has 0 bridgehead atoms. The zero-order valence-electron chi connectivity index (χ0n) is 13.2. The van der Waals surface area contributed by atoms with E-state index in [1.807, 2.05) is 24.3 Å². The summed E-state index contributed by atoms with van der Waals surface area (Å²) in [5.74, 6) is 0. The molecule has 0 amide bonds. The normalized spacial score (nSPS) is 10.7. The highest BCUT2D eigenvalue weighted by molar-refractivity contribution is 7.99. The van der Waals surface area contributed by atoms with Gasteiger partial charge in [0.25, 0.3) is 0 Å². The molecule has 0 atom stereocenters. The Balaban J connectivity index is 2.02. The van der Waals surface area contributed by atoms with Gasteiger partial charge in [-0.2, -0.15) is 0 Å². The Bertz CT molecular complexity index is 565. The smallest absolute Gasteiger partial charge is 0.0447 e. The van der Waals surface area contributed by atoms with Gasteiger partial charge in [-0.05, 0) is 61.4 Å². The molecule has 0 fully saturated rings. The van der Waals surface area contributed by atoms with Gasteiger partial charge in [-0.25, -0.2) is 0 Å². The van der Waals surface area contributed by atoms with E-state index in [4.69, 9.17) is 15.9 Å². The van der Waals surface area contributed by atoms with Crippen molar-refractivity contribution in [1.29, 1.82) is 0 Å². The van der Waals surface area contributed by atoms with Crippen LogP contribution in [0.3, 0.4) is 0 Å². The van der Waals surface area contributed by atoms with Crippen LogP contribution in [0.2, 0.25) is 0 Å². The molecule has 0 saturated carbocycles. The molecule has 0 aliphatic rings. The van der Waals surface area contributed by atoms with E-state index in [9.17, 15) is 0 Å². The molecular weight excluding hydrogens is 308 g/mol. The third-order valence-corrected chi connectivity index (χ3v) is 4.51. The molecule has 124 valence electrons. The molecule has 0 aliphatic heterocycles. The predicted octanol–water partition coefficient (Wildman–Crippen LogP) is 2.99. The molecule has 2 aromatic rings. The second-order valence-electron chi connectivity index (χ2n) is 5.31. The maximum Gasteiger partial charge on any atom is 0.0447 e. The second kappa shape index (κ2) is 9.45. The lowest BCUT2D eigenvalue weighted by atomic mass is 10.2. The monoisotopic (exact) mass is 332 g/mol. The van der Waals surface area contributed by atoms with Crippen molar-refractivity contribution in [3.05, 3.63) is 48.5 Å². The van der Waals surface area contributed by atoms with E-state index in [1.54, 1.807) is 11.8 Å². The van der Waals surface area contributed by atoms with E-state index in [-0.39, 0.29) is 13.2 Å². The van der Waals surface area contributed by atoms with Gasteiger partial charge in [0.2, 0.25) is 0 Å². The average Bonchev–Trinajstić information content (AvgIpc) is 2.58. The van der Waals surface area contributed by atoms with Crippen LogP contribution < -0.4 is 10.6 Å². The third kappa shape index (κ3) is 5.78. The molecule has 0 unspecified atom stereocenters. The highest BCUT2D eigenvalue weighted by Gasteiger charge is 2.06. The number of nitrogen functional groups attached to an aromatic ring is 1. The van der Waals surface area contributed by atoms with Crippen LogP contribution in [0.25, 0.3) is 0 Å². The highest BCUT2D eigenvalue weighted by Crippen LogP contribution is 2.29. The molecule has 4 nitrogen and oxygen atoms in total. The quantitative estimate of drug-likeness (QED) is 0.616. The van der Waals surface area contributed by atoms with Crippen molar-refractivity contribution in [3.63, 3.8) is 0 Å². The molecule has 2 aromatic carbocycles. The van der Waals surface area contributed by atoms with E-state index < -0.39 is 0 Å². The third-order valence-electron chi connectivity index (χ3n) is 3.49. The van der Waals surface area contributed by atoms with Crippen LogP contribution in [-0.2, 0) is 0 Å². The Morgan fingerprint density at radius 1 is 0.783 bits per heavy atom. The molecule has 0 aromatic heterocycles. The van der Waals surface area contributed by atoms with Crippen molar-refractivity contribution in [2.75, 3.05) is 36.9 Å². The molecule has 0 heterocycles. The minimum Gasteiger partial charge on any atom is -0.399 e. The average molecular weight is 332 g/mol. The first-order valence-electron chi connectivity index (χ1n) is 7.83. The maximum atomic E-state index is 9.03. The zero-order valence-corrected chi connectivity index (χ0v) is 14.0. The SMILES string of the molecule is Nc1ccc(Sc2ccc(N(CCCO)CCCO)cc2)cc1. The largest absolute Gasteiger partial charge is 0.399 e. The number of anilines is 2. The maximum absolute atomic E-state index is 9.03. The van der Waals surface area contributed by atoms with Crippen molar-refractivity contribution in [3.8, 4) is 0 Å². The molecular formula is C18H24N2O2S. The van der Waals surface area contributed by atoms with Gasteiger partial charge in [-0.1, -0.05) is 11.8 Å². The van der Waals surface area contributed by atoms with Gasteiger partial charge in [-0.15, -0.1) is 0 Å². The first kappa shape index (κ1) is 17.7. The van der Waals surface area contributed by atoms with Gasteiger partial charge in [0.15, 0.2) is 0 Å². The fourth-order valence-corrected chi connectivity index (χ4v) is 3.11. The Kier molecular flexibility index (Phi) is 7.26. The molecule has 2 rings (SSSR count). The first-order valence-corrected chi connectivity index (χ1v) is 8.64. The number of hydrogen-bond donors (Lipinski definition) is 3. The minimum absolute atomic E-state index is 0.181. The summed E-state index contributed by atoms with van der Waals surface area (Å²) in [4.78, 5) is 4.52. The number of hydrogen-bond acceptors (Lipinski definition) is 5. The lowest BCUT2D eigenvalue weighted by molar-refractivity contribution is 0.282. The van der Waals surface area contributed by atoms with Gasteiger partial charge in [-0.3, -0.25) is 0 Å². The fourth-order valence-electron chi connectivity index (χ4n) is 2.29. The lowest BCUT2D eigenvalue weighted by Gasteiger charge is -2.24. The van der Waals surface area contributed by atoms with Crippen molar-refractivity contribution in [1.82, 2.24) is 0 Å². The van der Waals surface area contributed by atoms with E-state index in [0.29, 0.717) is 0 Å². The molecule has 23 heavy (non-hydrogen) atoms. The Hall–Kier alpha value is -1.69. The molecule has 0 radical (unpaired) electrons. The fraction of sp³-hybridized carbons (Fsp3) is 0.333. The van der Waals surface area contributed by atoms with E-state index in [2.05, 4.69) is 29.2 Å². The van der Waals surface area contributed by atoms with Crippen LogP contribution in [0.1, 0.15) is 12.8 Å². The lowest BCUT2D eigenvalue weighted by Crippen LogP contribution is -2.26. The van der Waals surface area contributed by atoms with Crippen LogP contribution in [0.4, 0.5) is 11.4 Å². The number of benzene rings is 2. The summed E-state index contributed by atoms with van der Waals surface area (Å²) in [5.41, 5.74) is 7.59. The predicted molar refractivity (Wildman–Crippen MR) is 97.0 cm³/mol. The minimum atomic E-state index is 0.181. The molecule has 4 N–H and O–H groups in total. The number of nitrogens with zero attached hydrogens (tertiary/aromatic N) is 1. The van der Waals surface area contributed by atoms with Gasteiger partial charge in [0, 0.05) is 47.5 Å². The molecule has 0 aliphatic carbocycles.